The fraction of sp³-hybridized carbons (Fsp3) is 0.643. The van der Waals surface area contributed by atoms with E-state index in [4.69, 9.17) is 5.11 Å². The Hall–Kier alpha value is -1.09. The molecule has 3 rings (SSSR count). The lowest BCUT2D eigenvalue weighted by Crippen LogP contribution is -2.24. The maximum absolute atomic E-state index is 9.08. The van der Waals surface area contributed by atoms with Crippen LogP contribution in [0.4, 0.5) is 5.69 Å². The Balaban J connectivity index is 0.000000514. The van der Waals surface area contributed by atoms with Crippen molar-refractivity contribution >= 4 is 5.69 Å². The predicted octanol–water partition coefficient (Wildman–Crippen LogP) is 2.09. The van der Waals surface area contributed by atoms with Crippen molar-refractivity contribution in [3.8, 4) is 0 Å². The zero-order valence-electron chi connectivity index (χ0n) is 10.9. The number of hydrogen-bond acceptors (Lipinski definition) is 3. The van der Waals surface area contributed by atoms with Gasteiger partial charge in [0.2, 0.25) is 0 Å². The van der Waals surface area contributed by atoms with Gasteiger partial charge in [0.05, 0.1) is 11.9 Å². The number of aromatic nitrogens is 1. The van der Waals surface area contributed by atoms with Crippen LogP contribution in [0.25, 0.3) is 0 Å². The van der Waals surface area contributed by atoms with Gasteiger partial charge in [-0.3, -0.25) is 4.98 Å². The molecule has 2 atom stereocenters. The Labute approximate surface area is 103 Å². The van der Waals surface area contributed by atoms with E-state index in [1.807, 2.05) is 26.2 Å². The number of aryl methyl sites for hydroxylation is 1. The van der Waals surface area contributed by atoms with Crippen LogP contribution in [0.15, 0.2) is 18.5 Å². The van der Waals surface area contributed by atoms with Gasteiger partial charge in [0.25, 0.3) is 0 Å². The summed E-state index contributed by atoms with van der Waals surface area (Å²) in [6.45, 7) is 8.64. The van der Waals surface area contributed by atoms with E-state index in [1.165, 1.54) is 11.3 Å². The van der Waals surface area contributed by atoms with Crippen molar-refractivity contribution in [2.75, 3.05) is 24.6 Å². The van der Waals surface area contributed by atoms with Gasteiger partial charge in [0.1, 0.15) is 0 Å². The van der Waals surface area contributed by atoms with E-state index in [0.717, 1.165) is 24.9 Å². The van der Waals surface area contributed by atoms with E-state index < -0.39 is 0 Å². The molecule has 0 bridgehead atoms. The number of fused-ring (bicyclic) bond motifs is 1. The molecular formula is C14H22N2O. The minimum atomic E-state index is 0.370. The Morgan fingerprint density at radius 1 is 1.29 bits per heavy atom. The normalized spacial score (nSPS) is 29.4. The van der Waals surface area contributed by atoms with Crippen LogP contribution in [0, 0.1) is 24.7 Å². The molecule has 0 amide bonds. The average molecular weight is 234 g/mol. The highest BCUT2D eigenvalue weighted by Crippen LogP contribution is 2.52. The van der Waals surface area contributed by atoms with E-state index in [-0.39, 0.29) is 0 Å². The first-order valence-corrected chi connectivity index (χ1v) is 6.57. The van der Waals surface area contributed by atoms with Crippen LogP contribution >= 0.6 is 0 Å². The van der Waals surface area contributed by atoms with E-state index in [0.29, 0.717) is 12.5 Å². The fourth-order valence-corrected chi connectivity index (χ4v) is 2.84. The highest BCUT2D eigenvalue weighted by molar-refractivity contribution is 5.48. The van der Waals surface area contributed by atoms with Crippen molar-refractivity contribution in [1.82, 2.24) is 4.98 Å². The molecule has 0 spiro atoms. The van der Waals surface area contributed by atoms with E-state index in [9.17, 15) is 0 Å². The minimum absolute atomic E-state index is 0.370. The molecule has 1 aliphatic carbocycles. The molecule has 0 aromatic carbocycles. The van der Waals surface area contributed by atoms with Crippen LogP contribution in [-0.4, -0.2) is 29.8 Å². The quantitative estimate of drug-likeness (QED) is 0.851. The molecule has 3 nitrogen and oxygen atoms in total. The maximum Gasteiger partial charge on any atom is 0.0555 e. The number of anilines is 1. The predicted molar refractivity (Wildman–Crippen MR) is 70.1 cm³/mol. The van der Waals surface area contributed by atoms with Crippen molar-refractivity contribution in [2.45, 2.75) is 20.8 Å². The van der Waals surface area contributed by atoms with Crippen LogP contribution in [0.3, 0.4) is 0 Å². The zero-order chi connectivity index (χ0) is 12.4. The van der Waals surface area contributed by atoms with Crippen molar-refractivity contribution in [3.63, 3.8) is 0 Å². The summed E-state index contributed by atoms with van der Waals surface area (Å²) in [6.07, 6.45) is 3.82. The molecule has 1 aromatic heterocycles. The molecular weight excluding hydrogens is 212 g/mol. The number of rotatable bonds is 2. The molecule has 2 unspecified atom stereocenters. The maximum atomic E-state index is 9.08. The topological polar surface area (TPSA) is 36.4 Å². The number of pyridine rings is 1. The standard InChI is InChI=1S/C12H16N2O.C2H6/c1-8-2-9(4-13-3-8)14-5-10-11(6-14)12(10)7-15;1-2/h2-4,10-12,15H,5-7H2,1H3;1-2H3. The monoisotopic (exact) mass is 234 g/mol. The van der Waals surface area contributed by atoms with Crippen LogP contribution in [0.1, 0.15) is 19.4 Å². The second kappa shape index (κ2) is 5.05. The first-order chi connectivity index (χ1) is 8.29. The summed E-state index contributed by atoms with van der Waals surface area (Å²) in [6, 6.07) is 2.19. The number of nitrogens with zero attached hydrogens (tertiary/aromatic N) is 2. The van der Waals surface area contributed by atoms with Gasteiger partial charge in [-0.25, -0.2) is 0 Å². The molecule has 0 radical (unpaired) electrons. The molecule has 1 N–H and O–H groups in total. The largest absolute Gasteiger partial charge is 0.396 e. The second-order valence-electron chi connectivity index (χ2n) is 4.80. The summed E-state index contributed by atoms with van der Waals surface area (Å²) in [5.74, 6) is 2.05. The van der Waals surface area contributed by atoms with Crippen LogP contribution in [-0.2, 0) is 0 Å². The zero-order valence-corrected chi connectivity index (χ0v) is 10.9. The van der Waals surface area contributed by atoms with Crippen LogP contribution in [0.2, 0.25) is 0 Å². The molecule has 1 saturated heterocycles. The Kier molecular flexibility index (Phi) is 3.67. The lowest BCUT2D eigenvalue weighted by atomic mass is 10.2. The van der Waals surface area contributed by atoms with Crippen molar-refractivity contribution in [3.05, 3.63) is 24.0 Å². The molecule has 3 heteroatoms. The Morgan fingerprint density at radius 2 is 1.94 bits per heavy atom. The van der Waals surface area contributed by atoms with Gasteiger partial charge in [-0.05, 0) is 36.3 Å². The highest BCUT2D eigenvalue weighted by atomic mass is 16.3. The summed E-state index contributed by atoms with van der Waals surface area (Å²) < 4.78 is 0. The summed E-state index contributed by atoms with van der Waals surface area (Å²) in [7, 11) is 0. The third-order valence-electron chi connectivity index (χ3n) is 3.81. The first kappa shape index (κ1) is 12.4. The molecule has 2 fully saturated rings. The van der Waals surface area contributed by atoms with Crippen molar-refractivity contribution in [2.24, 2.45) is 17.8 Å². The second-order valence-corrected chi connectivity index (χ2v) is 4.80. The van der Waals surface area contributed by atoms with Crippen molar-refractivity contribution < 1.29 is 5.11 Å². The minimum Gasteiger partial charge on any atom is -0.396 e. The number of piperidine rings is 1. The van der Waals surface area contributed by atoms with E-state index in [1.54, 1.807) is 0 Å². The van der Waals surface area contributed by atoms with Crippen molar-refractivity contribution in [1.29, 1.82) is 0 Å². The van der Waals surface area contributed by atoms with Crippen LogP contribution < -0.4 is 4.90 Å². The average Bonchev–Trinajstić information content (AvgIpc) is 2.83. The lowest BCUT2D eigenvalue weighted by Gasteiger charge is -2.21. The number of hydrogen-bond donors (Lipinski definition) is 1. The van der Waals surface area contributed by atoms with Gasteiger partial charge < -0.3 is 10.0 Å². The molecule has 94 valence electrons. The van der Waals surface area contributed by atoms with Gasteiger partial charge in [-0.2, -0.15) is 0 Å². The molecule has 2 aliphatic rings. The summed E-state index contributed by atoms with van der Waals surface area (Å²) >= 11 is 0. The summed E-state index contributed by atoms with van der Waals surface area (Å²) in [4.78, 5) is 6.61. The molecule has 1 aromatic rings. The summed E-state index contributed by atoms with van der Waals surface area (Å²) in [5, 5.41) is 9.08. The molecule has 17 heavy (non-hydrogen) atoms. The third kappa shape index (κ3) is 2.29. The van der Waals surface area contributed by atoms with E-state index in [2.05, 4.69) is 22.9 Å². The first-order valence-electron chi connectivity index (χ1n) is 6.57. The molecule has 1 aliphatic heterocycles. The van der Waals surface area contributed by atoms with Gasteiger partial charge in [0.15, 0.2) is 0 Å². The SMILES string of the molecule is CC.Cc1cncc(N2CC3C(CO)C3C2)c1. The van der Waals surface area contributed by atoms with Gasteiger partial charge in [-0.1, -0.05) is 13.8 Å². The fourth-order valence-electron chi connectivity index (χ4n) is 2.84. The van der Waals surface area contributed by atoms with Crippen LogP contribution in [0.5, 0.6) is 0 Å². The number of aliphatic hydroxyl groups excluding tert-OH is 1. The van der Waals surface area contributed by atoms with Gasteiger partial charge in [-0.15, -0.1) is 0 Å². The van der Waals surface area contributed by atoms with E-state index >= 15 is 0 Å². The third-order valence-corrected chi connectivity index (χ3v) is 3.81. The highest BCUT2D eigenvalue weighted by Gasteiger charge is 2.55. The lowest BCUT2D eigenvalue weighted by molar-refractivity contribution is 0.260. The molecule has 2 heterocycles. The molecule has 1 saturated carbocycles. The Bertz CT molecular complexity index is 368. The van der Waals surface area contributed by atoms with Gasteiger partial charge in [0, 0.05) is 25.9 Å². The summed E-state index contributed by atoms with van der Waals surface area (Å²) in [5.41, 5.74) is 2.45. The smallest absolute Gasteiger partial charge is 0.0555 e. The Morgan fingerprint density at radius 3 is 2.47 bits per heavy atom. The number of aliphatic hydroxyl groups is 1. The van der Waals surface area contributed by atoms with Gasteiger partial charge >= 0.3 is 0 Å².